The van der Waals surface area contributed by atoms with Gasteiger partial charge in [0.25, 0.3) is 0 Å². The summed E-state index contributed by atoms with van der Waals surface area (Å²) in [5.74, 6) is 0.209. The average Bonchev–Trinajstić information content (AvgIpc) is 3.12. The van der Waals surface area contributed by atoms with Crippen molar-refractivity contribution in [3.63, 3.8) is 0 Å². The molecule has 2 aromatic rings. The van der Waals surface area contributed by atoms with Gasteiger partial charge >= 0.3 is 6.18 Å². The molecule has 1 amide bonds. The van der Waals surface area contributed by atoms with Crippen molar-refractivity contribution >= 4 is 27.5 Å². The molecule has 26 heavy (non-hydrogen) atoms. The minimum absolute atomic E-state index is 0.0497. The SMILES string of the molecule is CC1(Oc2ccccc2Br)CC1(C)C(=O)Nc1ccnc(C(F)(F)F)c1. The van der Waals surface area contributed by atoms with E-state index < -0.39 is 28.8 Å². The van der Waals surface area contributed by atoms with Gasteiger partial charge in [-0.05, 0) is 54.0 Å². The molecule has 1 aliphatic carbocycles. The molecule has 8 heteroatoms. The van der Waals surface area contributed by atoms with Gasteiger partial charge in [0.15, 0.2) is 0 Å². The highest BCUT2D eigenvalue weighted by Gasteiger charge is 2.68. The first-order chi connectivity index (χ1) is 12.1. The maximum absolute atomic E-state index is 12.8. The Morgan fingerprint density at radius 1 is 1.27 bits per heavy atom. The van der Waals surface area contributed by atoms with Gasteiger partial charge in [-0.15, -0.1) is 0 Å². The van der Waals surface area contributed by atoms with E-state index in [1.54, 1.807) is 19.9 Å². The highest BCUT2D eigenvalue weighted by molar-refractivity contribution is 9.10. The number of halogens is 4. The quantitative estimate of drug-likeness (QED) is 0.741. The minimum atomic E-state index is -4.57. The molecule has 0 radical (unpaired) electrons. The number of benzene rings is 1. The summed E-state index contributed by atoms with van der Waals surface area (Å²) >= 11 is 3.39. The van der Waals surface area contributed by atoms with E-state index in [2.05, 4.69) is 26.2 Å². The Bertz CT molecular complexity index is 858. The monoisotopic (exact) mass is 428 g/mol. The molecule has 1 saturated carbocycles. The molecule has 0 bridgehead atoms. The van der Waals surface area contributed by atoms with Crippen LogP contribution in [0.2, 0.25) is 0 Å². The lowest BCUT2D eigenvalue weighted by molar-refractivity contribution is -0.141. The van der Waals surface area contributed by atoms with Gasteiger partial charge in [0.05, 0.1) is 9.89 Å². The Balaban J connectivity index is 1.74. The molecule has 1 fully saturated rings. The number of hydrogen-bond acceptors (Lipinski definition) is 3. The third-order valence-corrected chi connectivity index (χ3v) is 5.37. The molecule has 138 valence electrons. The van der Waals surface area contributed by atoms with Crippen LogP contribution in [0.25, 0.3) is 0 Å². The summed E-state index contributed by atoms with van der Waals surface area (Å²) in [6.45, 7) is 3.53. The first-order valence-corrected chi connectivity index (χ1v) is 8.63. The second-order valence-corrected chi connectivity index (χ2v) is 7.51. The van der Waals surface area contributed by atoms with E-state index in [1.807, 2.05) is 18.2 Å². The summed E-state index contributed by atoms with van der Waals surface area (Å²) in [6, 6.07) is 9.41. The van der Waals surface area contributed by atoms with Crippen LogP contribution in [-0.2, 0) is 11.0 Å². The molecule has 0 aliphatic heterocycles. The second kappa shape index (κ2) is 6.26. The Morgan fingerprint density at radius 2 is 1.96 bits per heavy atom. The third-order valence-electron chi connectivity index (χ3n) is 4.71. The van der Waals surface area contributed by atoms with Crippen molar-refractivity contribution in [2.45, 2.75) is 32.0 Å². The molecule has 1 aromatic carbocycles. The Kier molecular flexibility index (Phi) is 4.50. The fraction of sp³-hybridized carbons (Fsp3) is 0.333. The predicted molar refractivity (Wildman–Crippen MR) is 93.8 cm³/mol. The first-order valence-electron chi connectivity index (χ1n) is 7.83. The zero-order valence-corrected chi connectivity index (χ0v) is 15.6. The van der Waals surface area contributed by atoms with Crippen LogP contribution in [0, 0.1) is 5.41 Å². The molecule has 1 aromatic heterocycles. The van der Waals surface area contributed by atoms with Crippen LogP contribution in [0.3, 0.4) is 0 Å². The lowest BCUT2D eigenvalue weighted by Crippen LogP contribution is -2.32. The maximum atomic E-state index is 12.8. The largest absolute Gasteiger partial charge is 0.485 e. The summed E-state index contributed by atoms with van der Waals surface area (Å²) in [5.41, 5.74) is -2.61. The number of hydrogen-bond donors (Lipinski definition) is 1. The Hall–Kier alpha value is -2.09. The molecule has 3 rings (SSSR count). The summed E-state index contributed by atoms with van der Waals surface area (Å²) in [6.07, 6.45) is -3.10. The average molecular weight is 429 g/mol. The van der Waals surface area contributed by atoms with E-state index in [0.29, 0.717) is 12.2 Å². The van der Waals surface area contributed by atoms with Crippen LogP contribution in [0.4, 0.5) is 18.9 Å². The number of aromatic nitrogens is 1. The minimum Gasteiger partial charge on any atom is -0.485 e. The van der Waals surface area contributed by atoms with E-state index in [9.17, 15) is 18.0 Å². The van der Waals surface area contributed by atoms with Crippen LogP contribution in [0.1, 0.15) is 26.0 Å². The van der Waals surface area contributed by atoms with Crippen molar-refractivity contribution in [2.75, 3.05) is 5.32 Å². The van der Waals surface area contributed by atoms with E-state index in [4.69, 9.17) is 4.74 Å². The summed E-state index contributed by atoms with van der Waals surface area (Å²) in [7, 11) is 0. The zero-order valence-electron chi connectivity index (χ0n) is 14.0. The number of para-hydroxylation sites is 1. The Morgan fingerprint density at radius 3 is 2.62 bits per heavy atom. The number of nitrogens with zero attached hydrogens (tertiary/aromatic N) is 1. The fourth-order valence-corrected chi connectivity index (χ4v) is 3.17. The number of amides is 1. The van der Waals surface area contributed by atoms with E-state index in [1.165, 1.54) is 6.07 Å². The maximum Gasteiger partial charge on any atom is 0.433 e. The normalized spacial score (nSPS) is 24.8. The van der Waals surface area contributed by atoms with Crippen molar-refractivity contribution in [1.82, 2.24) is 4.98 Å². The van der Waals surface area contributed by atoms with Gasteiger partial charge in [0, 0.05) is 18.3 Å². The van der Waals surface area contributed by atoms with Gasteiger partial charge in [0.1, 0.15) is 17.0 Å². The highest BCUT2D eigenvalue weighted by atomic mass is 79.9. The van der Waals surface area contributed by atoms with E-state index in [-0.39, 0.29) is 5.69 Å². The smallest absolute Gasteiger partial charge is 0.433 e. The molecule has 2 atom stereocenters. The van der Waals surface area contributed by atoms with E-state index in [0.717, 1.165) is 16.7 Å². The lowest BCUT2D eigenvalue weighted by atomic mass is 10.0. The lowest BCUT2D eigenvalue weighted by Gasteiger charge is -2.21. The van der Waals surface area contributed by atoms with Crippen LogP contribution in [-0.4, -0.2) is 16.5 Å². The number of alkyl halides is 3. The van der Waals surface area contributed by atoms with Crippen molar-refractivity contribution in [1.29, 1.82) is 0 Å². The van der Waals surface area contributed by atoms with Crippen molar-refractivity contribution in [3.05, 3.63) is 52.8 Å². The molecular formula is C18H16BrF3N2O2. The highest BCUT2D eigenvalue weighted by Crippen LogP contribution is 2.59. The van der Waals surface area contributed by atoms with Gasteiger partial charge in [0.2, 0.25) is 5.91 Å². The summed E-state index contributed by atoms with van der Waals surface area (Å²) < 4.78 is 45.0. The number of ether oxygens (including phenoxy) is 1. The number of nitrogens with one attached hydrogen (secondary N) is 1. The first kappa shape index (κ1) is 18.7. The van der Waals surface area contributed by atoms with Gasteiger partial charge in [-0.25, -0.2) is 0 Å². The van der Waals surface area contributed by atoms with E-state index >= 15 is 0 Å². The van der Waals surface area contributed by atoms with Crippen LogP contribution in [0.15, 0.2) is 47.1 Å². The number of rotatable bonds is 4. The van der Waals surface area contributed by atoms with Crippen molar-refractivity contribution in [2.24, 2.45) is 5.41 Å². The third kappa shape index (κ3) is 3.42. The molecular weight excluding hydrogens is 413 g/mol. The number of pyridine rings is 1. The fourth-order valence-electron chi connectivity index (χ4n) is 2.80. The molecule has 1 N–H and O–H groups in total. The van der Waals surface area contributed by atoms with Crippen LogP contribution >= 0.6 is 15.9 Å². The van der Waals surface area contributed by atoms with Gasteiger partial charge < -0.3 is 10.1 Å². The topological polar surface area (TPSA) is 51.2 Å². The molecule has 4 nitrogen and oxygen atoms in total. The number of carbonyl (C=O) groups excluding carboxylic acids is 1. The molecule has 1 aliphatic rings. The standard InChI is InChI=1S/C18H16BrF3N2O2/c1-16(10-17(16,2)26-13-6-4-3-5-12(13)19)15(25)24-11-7-8-23-14(9-11)18(20,21)22/h3-9H,10H2,1-2H3,(H,23,24,25). The Labute approximate surface area is 156 Å². The van der Waals surface area contributed by atoms with Gasteiger partial charge in [-0.2, -0.15) is 13.2 Å². The molecule has 1 heterocycles. The second-order valence-electron chi connectivity index (χ2n) is 6.65. The summed E-state index contributed by atoms with van der Waals surface area (Å²) in [4.78, 5) is 15.9. The number of carbonyl (C=O) groups is 1. The molecule has 0 spiro atoms. The van der Waals surface area contributed by atoms with Crippen LogP contribution < -0.4 is 10.1 Å². The van der Waals surface area contributed by atoms with Gasteiger partial charge in [-0.3, -0.25) is 9.78 Å². The molecule has 2 unspecified atom stereocenters. The van der Waals surface area contributed by atoms with Crippen molar-refractivity contribution in [3.8, 4) is 5.75 Å². The van der Waals surface area contributed by atoms with Gasteiger partial charge in [-0.1, -0.05) is 12.1 Å². The molecule has 0 saturated heterocycles. The predicted octanol–water partition coefficient (Wildman–Crippen LogP) is 5.05. The zero-order chi connectivity index (χ0) is 19.2. The van der Waals surface area contributed by atoms with Crippen LogP contribution in [0.5, 0.6) is 5.75 Å². The van der Waals surface area contributed by atoms with Crippen molar-refractivity contribution < 1.29 is 22.7 Å². The number of anilines is 1. The summed E-state index contributed by atoms with van der Waals surface area (Å²) in [5, 5.41) is 2.54.